The summed E-state index contributed by atoms with van der Waals surface area (Å²) < 4.78 is 20.4. The Morgan fingerprint density at radius 1 is 1.00 bits per heavy atom. The van der Waals surface area contributed by atoms with Gasteiger partial charge in [0.2, 0.25) is 11.7 Å². The standard InChI is InChI=1S/C25H19FN4O2S/c1-16-5-4-6-18(13-16)23-28-22(32-29-23)15-33-25-27-21-8-3-2-7-20(21)24(31)30(25)14-17-9-11-19(26)12-10-17/h2-13H,14-15H2,1H3. The second kappa shape index (κ2) is 8.99. The molecule has 0 aliphatic carbocycles. The van der Waals surface area contributed by atoms with Crippen molar-refractivity contribution >= 4 is 22.7 Å². The maximum Gasteiger partial charge on any atom is 0.262 e. The Morgan fingerprint density at radius 3 is 2.64 bits per heavy atom. The van der Waals surface area contributed by atoms with Gasteiger partial charge in [0.1, 0.15) is 5.82 Å². The molecule has 0 aliphatic rings. The van der Waals surface area contributed by atoms with E-state index in [2.05, 4.69) is 10.1 Å². The predicted molar refractivity (Wildman–Crippen MR) is 126 cm³/mol. The van der Waals surface area contributed by atoms with E-state index < -0.39 is 0 Å². The van der Waals surface area contributed by atoms with E-state index in [1.165, 1.54) is 23.9 Å². The van der Waals surface area contributed by atoms with E-state index in [1.807, 2.05) is 49.4 Å². The number of hydrogen-bond donors (Lipinski definition) is 0. The van der Waals surface area contributed by atoms with Gasteiger partial charge in [0, 0.05) is 5.56 Å². The molecule has 0 radical (unpaired) electrons. The van der Waals surface area contributed by atoms with Crippen LogP contribution in [0.2, 0.25) is 0 Å². The van der Waals surface area contributed by atoms with Gasteiger partial charge in [0.05, 0.1) is 23.2 Å². The number of fused-ring (bicyclic) bond motifs is 1. The Balaban J connectivity index is 1.46. The highest BCUT2D eigenvalue weighted by molar-refractivity contribution is 7.98. The number of halogens is 1. The van der Waals surface area contributed by atoms with Gasteiger partial charge in [-0.3, -0.25) is 9.36 Å². The van der Waals surface area contributed by atoms with Crippen LogP contribution in [0, 0.1) is 12.7 Å². The van der Waals surface area contributed by atoms with E-state index in [0.717, 1.165) is 16.7 Å². The fourth-order valence-corrected chi connectivity index (χ4v) is 4.35. The van der Waals surface area contributed by atoms with E-state index in [4.69, 9.17) is 9.51 Å². The third kappa shape index (κ3) is 4.56. The van der Waals surface area contributed by atoms with Crippen molar-refractivity contribution in [3.05, 3.63) is 106 Å². The lowest BCUT2D eigenvalue weighted by atomic mass is 10.1. The monoisotopic (exact) mass is 458 g/mol. The van der Waals surface area contributed by atoms with Crippen LogP contribution in [-0.2, 0) is 12.3 Å². The first-order valence-electron chi connectivity index (χ1n) is 10.3. The van der Waals surface area contributed by atoms with Gasteiger partial charge in [-0.15, -0.1) is 0 Å². The van der Waals surface area contributed by atoms with E-state index in [0.29, 0.717) is 33.5 Å². The van der Waals surface area contributed by atoms with Crippen LogP contribution in [0.5, 0.6) is 0 Å². The molecule has 2 heterocycles. The third-order valence-corrected chi connectivity index (χ3v) is 6.11. The zero-order valence-corrected chi connectivity index (χ0v) is 18.6. The minimum Gasteiger partial charge on any atom is -0.338 e. The molecule has 0 saturated heterocycles. The number of hydrogen-bond acceptors (Lipinski definition) is 6. The SMILES string of the molecule is Cc1cccc(-c2noc(CSc3nc4ccccc4c(=O)n3Cc3ccc(F)cc3)n2)c1. The normalized spacial score (nSPS) is 11.2. The molecule has 164 valence electrons. The summed E-state index contributed by atoms with van der Waals surface area (Å²) in [5.74, 6) is 0.988. The Kier molecular flexibility index (Phi) is 5.75. The van der Waals surface area contributed by atoms with Gasteiger partial charge in [-0.25, -0.2) is 9.37 Å². The van der Waals surface area contributed by atoms with Crippen LogP contribution in [0.15, 0.2) is 87.3 Å². The van der Waals surface area contributed by atoms with Crippen molar-refractivity contribution in [1.29, 1.82) is 0 Å². The third-order valence-electron chi connectivity index (χ3n) is 5.15. The quantitative estimate of drug-likeness (QED) is 0.256. The maximum absolute atomic E-state index is 13.3. The smallest absolute Gasteiger partial charge is 0.262 e. The lowest BCUT2D eigenvalue weighted by molar-refractivity contribution is 0.391. The Labute approximate surface area is 193 Å². The van der Waals surface area contributed by atoms with Crippen LogP contribution in [0.1, 0.15) is 17.0 Å². The van der Waals surface area contributed by atoms with E-state index in [-0.39, 0.29) is 17.9 Å². The van der Waals surface area contributed by atoms with Crippen molar-refractivity contribution in [2.75, 3.05) is 0 Å². The summed E-state index contributed by atoms with van der Waals surface area (Å²) in [4.78, 5) is 22.4. The molecule has 8 heteroatoms. The number of aromatic nitrogens is 4. The molecule has 33 heavy (non-hydrogen) atoms. The Hall–Kier alpha value is -3.78. The molecule has 0 fully saturated rings. The summed E-state index contributed by atoms with van der Waals surface area (Å²) >= 11 is 1.34. The predicted octanol–water partition coefficient (Wildman–Crippen LogP) is 5.23. The molecule has 3 aromatic carbocycles. The van der Waals surface area contributed by atoms with Gasteiger partial charge in [-0.1, -0.05) is 64.9 Å². The van der Waals surface area contributed by atoms with Crippen molar-refractivity contribution in [2.24, 2.45) is 0 Å². The van der Waals surface area contributed by atoms with E-state index >= 15 is 0 Å². The van der Waals surface area contributed by atoms with Crippen molar-refractivity contribution in [2.45, 2.75) is 24.4 Å². The molecule has 0 amide bonds. The first-order chi connectivity index (χ1) is 16.1. The summed E-state index contributed by atoms with van der Waals surface area (Å²) in [6, 6.07) is 21.2. The van der Waals surface area contributed by atoms with Crippen LogP contribution in [-0.4, -0.2) is 19.7 Å². The number of benzene rings is 3. The van der Waals surface area contributed by atoms with Gasteiger partial charge in [-0.2, -0.15) is 4.98 Å². The summed E-state index contributed by atoms with van der Waals surface area (Å²) in [6.07, 6.45) is 0. The van der Waals surface area contributed by atoms with E-state index in [1.54, 1.807) is 22.8 Å². The first kappa shape index (κ1) is 21.1. The van der Waals surface area contributed by atoms with Crippen LogP contribution in [0.3, 0.4) is 0 Å². The largest absolute Gasteiger partial charge is 0.338 e. The highest BCUT2D eigenvalue weighted by atomic mass is 32.2. The molecule has 5 aromatic rings. The lowest BCUT2D eigenvalue weighted by Gasteiger charge is -2.12. The molecule has 5 rings (SSSR count). The van der Waals surface area contributed by atoms with Crippen LogP contribution >= 0.6 is 11.8 Å². The van der Waals surface area contributed by atoms with E-state index in [9.17, 15) is 9.18 Å². The highest BCUT2D eigenvalue weighted by Crippen LogP contribution is 2.24. The Bertz CT molecular complexity index is 1490. The molecule has 2 aromatic heterocycles. The van der Waals surface area contributed by atoms with Crippen LogP contribution in [0.25, 0.3) is 22.3 Å². The summed E-state index contributed by atoms with van der Waals surface area (Å²) in [6.45, 7) is 2.28. The number of rotatable bonds is 6. The maximum atomic E-state index is 13.3. The minimum absolute atomic E-state index is 0.154. The molecule has 0 bridgehead atoms. The van der Waals surface area contributed by atoms with Crippen molar-refractivity contribution in [3.8, 4) is 11.4 Å². The van der Waals surface area contributed by atoms with Crippen molar-refractivity contribution in [1.82, 2.24) is 19.7 Å². The van der Waals surface area contributed by atoms with Gasteiger partial charge in [0.15, 0.2) is 5.16 Å². The van der Waals surface area contributed by atoms with Gasteiger partial charge < -0.3 is 4.52 Å². The summed E-state index contributed by atoms with van der Waals surface area (Å²) in [7, 11) is 0. The Morgan fingerprint density at radius 2 is 1.82 bits per heavy atom. The minimum atomic E-state index is -0.321. The van der Waals surface area contributed by atoms with Crippen LogP contribution in [0.4, 0.5) is 4.39 Å². The average Bonchev–Trinajstić information content (AvgIpc) is 3.30. The first-order valence-corrected chi connectivity index (χ1v) is 11.3. The summed E-state index contributed by atoms with van der Waals surface area (Å²) in [5, 5.41) is 5.14. The number of para-hydroxylation sites is 1. The summed E-state index contributed by atoms with van der Waals surface area (Å²) in [5.41, 5.74) is 3.26. The molecular weight excluding hydrogens is 439 g/mol. The second-order valence-corrected chi connectivity index (χ2v) is 8.54. The number of aryl methyl sites for hydroxylation is 1. The zero-order chi connectivity index (χ0) is 22.8. The fourth-order valence-electron chi connectivity index (χ4n) is 3.51. The molecule has 0 unspecified atom stereocenters. The molecular formula is C25H19FN4O2S. The molecule has 6 nitrogen and oxygen atoms in total. The molecule has 0 saturated carbocycles. The lowest BCUT2D eigenvalue weighted by Crippen LogP contribution is -2.24. The number of thioether (sulfide) groups is 1. The van der Waals surface area contributed by atoms with Gasteiger partial charge in [0.25, 0.3) is 5.56 Å². The van der Waals surface area contributed by atoms with Crippen molar-refractivity contribution < 1.29 is 8.91 Å². The van der Waals surface area contributed by atoms with Gasteiger partial charge >= 0.3 is 0 Å². The van der Waals surface area contributed by atoms with Crippen LogP contribution < -0.4 is 5.56 Å². The second-order valence-electron chi connectivity index (χ2n) is 7.60. The highest BCUT2D eigenvalue weighted by Gasteiger charge is 2.15. The molecule has 0 spiro atoms. The average molecular weight is 459 g/mol. The number of nitrogens with zero attached hydrogens (tertiary/aromatic N) is 4. The molecule has 0 atom stereocenters. The molecule has 0 aliphatic heterocycles. The van der Waals surface area contributed by atoms with Gasteiger partial charge in [-0.05, 0) is 42.8 Å². The topological polar surface area (TPSA) is 73.8 Å². The zero-order valence-electron chi connectivity index (χ0n) is 17.7. The fraction of sp³-hybridized carbons (Fsp3) is 0.120. The molecule has 0 N–H and O–H groups in total. The van der Waals surface area contributed by atoms with Crippen molar-refractivity contribution in [3.63, 3.8) is 0 Å².